The molecule has 0 amide bonds. The van der Waals surface area contributed by atoms with Gasteiger partial charge in [0.1, 0.15) is 0 Å². The van der Waals surface area contributed by atoms with E-state index < -0.39 is 15.6 Å². The van der Waals surface area contributed by atoms with E-state index in [1.807, 2.05) is 24.4 Å². The van der Waals surface area contributed by atoms with Crippen LogP contribution < -0.4 is 0 Å². The monoisotopic (exact) mass is 540 g/mol. The molecule has 1 aromatic carbocycles. The number of alkyl halides is 3. The largest absolute Gasteiger partial charge is 0.522 e. The van der Waals surface area contributed by atoms with Crippen molar-refractivity contribution in [1.29, 1.82) is 0 Å². The minimum Gasteiger partial charge on any atom is -0.279 e. The Morgan fingerprint density at radius 1 is 1.08 bits per heavy atom. The fraction of sp³-hybridized carbons (Fsp3) is 0.267. The molecule has 4 nitrogen and oxygen atoms in total. The molecule has 0 spiro atoms. The third-order valence-electron chi connectivity index (χ3n) is 2.81. The molecule has 0 saturated carbocycles. The van der Waals surface area contributed by atoms with E-state index in [-0.39, 0.29) is 20.1 Å². The van der Waals surface area contributed by atoms with E-state index in [9.17, 15) is 13.2 Å². The number of rotatable bonds is 2. The summed E-state index contributed by atoms with van der Waals surface area (Å²) in [7, 11) is -5.84. The van der Waals surface area contributed by atoms with Gasteiger partial charge in [0.25, 0.3) is 0 Å². The van der Waals surface area contributed by atoms with E-state index >= 15 is 0 Å². The Kier molecular flexibility index (Phi) is 8.77. The van der Waals surface area contributed by atoms with Crippen molar-refractivity contribution in [2.24, 2.45) is 0 Å². The Morgan fingerprint density at radius 3 is 2.00 bits per heavy atom. The van der Waals surface area contributed by atoms with Gasteiger partial charge in [0.2, 0.25) is 0 Å². The van der Waals surface area contributed by atoms with Crippen LogP contribution in [0.3, 0.4) is 0 Å². The van der Waals surface area contributed by atoms with E-state index in [1.54, 1.807) is 0 Å². The molecule has 0 aliphatic carbocycles. The first kappa shape index (κ1) is 22.7. The third-order valence-corrected chi connectivity index (χ3v) is 3.40. The molecule has 1 heterocycles. The first-order valence-electron chi connectivity index (χ1n) is 6.57. The molecule has 2 rings (SSSR count). The minimum absolute atomic E-state index is 0. The summed E-state index contributed by atoms with van der Waals surface area (Å²) < 4.78 is 57.5. The van der Waals surface area contributed by atoms with E-state index in [0.29, 0.717) is 5.92 Å². The molecule has 9 heteroatoms. The molecule has 0 aliphatic rings. The molecule has 0 fully saturated rings. The zero-order chi connectivity index (χ0) is 17.7. The van der Waals surface area contributed by atoms with Crippen LogP contribution in [0.1, 0.15) is 25.3 Å². The summed E-state index contributed by atoms with van der Waals surface area (Å²) in [6.07, 6.45) is 1.89. The number of pyridine rings is 1. The van der Waals surface area contributed by atoms with Gasteiger partial charge in [0, 0.05) is 31.9 Å². The first-order chi connectivity index (χ1) is 10.5. The molecular weight excluding hydrogens is 523 g/mol. The van der Waals surface area contributed by atoms with Gasteiger partial charge in [-0.15, -0.1) is 0 Å². The van der Waals surface area contributed by atoms with Crippen molar-refractivity contribution in [3.05, 3.63) is 54.2 Å². The Balaban J connectivity index is 0.000000510. The molecule has 135 valence electrons. The zero-order valence-corrected chi connectivity index (χ0v) is 16.0. The van der Waals surface area contributed by atoms with Crippen LogP contribution in [0.2, 0.25) is 0 Å². The topological polar surface area (TPSA) is 67.3 Å². The van der Waals surface area contributed by atoms with Crippen LogP contribution >= 0.6 is 0 Å². The van der Waals surface area contributed by atoms with Gasteiger partial charge in [0.15, 0.2) is 0 Å². The second-order valence-electron chi connectivity index (χ2n) is 4.92. The molecule has 0 bridgehead atoms. The van der Waals surface area contributed by atoms with Crippen LogP contribution in [0.15, 0.2) is 48.7 Å². The Bertz CT molecular complexity index is 735. The minimum atomic E-state index is -5.84. The molecule has 0 unspecified atom stereocenters. The van der Waals surface area contributed by atoms with E-state index in [2.05, 4.69) is 43.1 Å². The third kappa shape index (κ3) is 7.09. The summed E-state index contributed by atoms with van der Waals surface area (Å²) in [5, 5.41) is 0. The van der Waals surface area contributed by atoms with Crippen molar-refractivity contribution in [2.45, 2.75) is 25.3 Å². The van der Waals surface area contributed by atoms with Gasteiger partial charge >= 0.3 is 15.6 Å². The number of hydrogen-bond acceptors (Lipinski definition) is 3. The number of halogens is 3. The SMILES string of the molecule is CC(C)c1ccnc(-c2ccccc2)c1.O=S(=O)(O)C(F)(F)F.[Ir]. The fourth-order valence-corrected chi connectivity index (χ4v) is 1.57. The van der Waals surface area contributed by atoms with Gasteiger partial charge in [-0.1, -0.05) is 44.2 Å². The number of hydrogen-bond donors (Lipinski definition) is 1. The molecule has 1 radical (unpaired) electrons. The maximum atomic E-state index is 10.7. The summed E-state index contributed by atoms with van der Waals surface area (Å²) in [6.45, 7) is 4.40. The molecule has 0 aliphatic heterocycles. The van der Waals surface area contributed by atoms with E-state index in [4.69, 9.17) is 13.0 Å². The average molecular weight is 540 g/mol. The van der Waals surface area contributed by atoms with Gasteiger partial charge in [-0.05, 0) is 23.6 Å². The molecule has 2 aromatic rings. The number of nitrogens with zero attached hydrogens (tertiary/aromatic N) is 1. The average Bonchev–Trinajstić information content (AvgIpc) is 2.47. The van der Waals surface area contributed by atoms with Gasteiger partial charge in [-0.2, -0.15) is 21.6 Å². The number of aromatic nitrogens is 1. The summed E-state index contributed by atoms with van der Waals surface area (Å²) in [5.74, 6) is 0.551. The molecule has 0 atom stereocenters. The summed E-state index contributed by atoms with van der Waals surface area (Å²) in [5.41, 5.74) is -1.96. The van der Waals surface area contributed by atoms with Crippen LogP contribution in [0, 0.1) is 0 Å². The van der Waals surface area contributed by atoms with Crippen LogP contribution in [-0.4, -0.2) is 23.5 Å². The Hall–Kier alpha value is -1.28. The van der Waals surface area contributed by atoms with Crippen molar-refractivity contribution in [1.82, 2.24) is 4.98 Å². The van der Waals surface area contributed by atoms with Crippen molar-refractivity contribution in [3.8, 4) is 11.3 Å². The normalized spacial score (nSPS) is 11.3. The predicted octanol–water partition coefficient (Wildman–Crippen LogP) is 4.26. The molecule has 24 heavy (non-hydrogen) atoms. The summed E-state index contributed by atoms with van der Waals surface area (Å²) in [4.78, 5) is 4.39. The van der Waals surface area contributed by atoms with Gasteiger partial charge in [0.05, 0.1) is 5.69 Å². The Labute approximate surface area is 152 Å². The van der Waals surface area contributed by atoms with E-state index in [0.717, 1.165) is 5.69 Å². The second-order valence-corrected chi connectivity index (χ2v) is 6.33. The van der Waals surface area contributed by atoms with Crippen molar-refractivity contribution >= 4 is 10.1 Å². The maximum absolute atomic E-state index is 10.7. The maximum Gasteiger partial charge on any atom is 0.522 e. The standard InChI is InChI=1S/C14H15N.CHF3O3S.Ir/c1-11(2)13-8-9-15-14(10-13)12-6-4-3-5-7-12;2-1(3,4)8(5,6)7;/h3-11H,1-2H3;(H,5,6,7);. The summed E-state index contributed by atoms with van der Waals surface area (Å²) >= 11 is 0. The molecular formula is C15H16F3IrNO3S. The summed E-state index contributed by atoms with van der Waals surface area (Å²) in [6, 6.07) is 14.5. The van der Waals surface area contributed by atoms with Gasteiger partial charge < -0.3 is 0 Å². The molecule has 1 aromatic heterocycles. The van der Waals surface area contributed by atoms with Gasteiger partial charge in [-0.25, -0.2) is 0 Å². The van der Waals surface area contributed by atoms with Crippen molar-refractivity contribution < 1.29 is 46.2 Å². The molecule has 1 N–H and O–H groups in total. The van der Waals surface area contributed by atoms with Crippen LogP contribution in [0.25, 0.3) is 11.3 Å². The van der Waals surface area contributed by atoms with Crippen LogP contribution in [-0.2, 0) is 30.2 Å². The van der Waals surface area contributed by atoms with Crippen LogP contribution in [0.4, 0.5) is 13.2 Å². The predicted molar refractivity (Wildman–Crippen MR) is 81.4 cm³/mol. The zero-order valence-electron chi connectivity index (χ0n) is 12.8. The number of benzene rings is 1. The van der Waals surface area contributed by atoms with Gasteiger partial charge in [-0.3, -0.25) is 9.54 Å². The Morgan fingerprint density at radius 2 is 1.58 bits per heavy atom. The molecule has 0 saturated heterocycles. The van der Waals surface area contributed by atoms with Crippen molar-refractivity contribution in [2.75, 3.05) is 0 Å². The quantitative estimate of drug-likeness (QED) is 0.458. The van der Waals surface area contributed by atoms with E-state index in [1.165, 1.54) is 11.1 Å². The second kappa shape index (κ2) is 9.27. The van der Waals surface area contributed by atoms with Crippen molar-refractivity contribution in [3.63, 3.8) is 0 Å². The smallest absolute Gasteiger partial charge is 0.279 e. The fourth-order valence-electron chi connectivity index (χ4n) is 1.57. The first-order valence-corrected chi connectivity index (χ1v) is 8.01. The van der Waals surface area contributed by atoms with Crippen LogP contribution in [0.5, 0.6) is 0 Å².